The van der Waals surface area contributed by atoms with Crippen molar-refractivity contribution in [3.05, 3.63) is 53.2 Å². The van der Waals surface area contributed by atoms with E-state index in [1.165, 1.54) is 5.56 Å². The highest BCUT2D eigenvalue weighted by Crippen LogP contribution is 2.26. The lowest BCUT2D eigenvalue weighted by Gasteiger charge is -2.12. The lowest BCUT2D eigenvalue weighted by Crippen LogP contribution is -2.02. The standard InChI is InChI=1S/C16H20N2O/c1-11(2)13-5-4-6-15(9-13)19-16-14(10-17)8-7-12(3)18-16/h4-9,11H,10,17H2,1-3H3. The monoisotopic (exact) mass is 256 g/mol. The van der Waals surface area contributed by atoms with Crippen LogP contribution < -0.4 is 10.5 Å². The third-order valence-corrected chi connectivity index (χ3v) is 3.04. The van der Waals surface area contributed by atoms with Crippen LogP contribution in [0.4, 0.5) is 0 Å². The minimum atomic E-state index is 0.423. The number of hydrogen-bond acceptors (Lipinski definition) is 3. The molecule has 0 fully saturated rings. The zero-order chi connectivity index (χ0) is 13.8. The molecular formula is C16H20N2O. The Bertz CT molecular complexity index is 564. The molecule has 0 saturated carbocycles. The highest BCUT2D eigenvalue weighted by atomic mass is 16.5. The average Bonchev–Trinajstić information content (AvgIpc) is 2.39. The molecular weight excluding hydrogens is 236 g/mol. The lowest BCUT2D eigenvalue weighted by molar-refractivity contribution is 0.454. The van der Waals surface area contributed by atoms with E-state index in [0.29, 0.717) is 18.3 Å². The summed E-state index contributed by atoms with van der Waals surface area (Å²) in [6, 6.07) is 12.0. The van der Waals surface area contributed by atoms with Crippen LogP contribution in [0.1, 0.15) is 36.6 Å². The van der Waals surface area contributed by atoms with Gasteiger partial charge in [0.05, 0.1) is 0 Å². The van der Waals surface area contributed by atoms with Crippen molar-refractivity contribution in [1.29, 1.82) is 0 Å². The first-order valence-electron chi connectivity index (χ1n) is 6.54. The van der Waals surface area contributed by atoms with E-state index in [1.807, 2.05) is 31.2 Å². The number of rotatable bonds is 4. The molecule has 0 saturated heterocycles. The van der Waals surface area contributed by atoms with Crippen LogP contribution in [-0.4, -0.2) is 4.98 Å². The summed E-state index contributed by atoms with van der Waals surface area (Å²) in [5, 5.41) is 0. The second-order valence-electron chi connectivity index (χ2n) is 4.95. The molecule has 0 aliphatic carbocycles. The number of ether oxygens (including phenoxy) is 1. The summed E-state index contributed by atoms with van der Waals surface area (Å²) in [7, 11) is 0. The highest BCUT2D eigenvalue weighted by molar-refractivity contribution is 5.36. The Labute approximate surface area is 114 Å². The number of benzene rings is 1. The number of nitrogens with zero attached hydrogens (tertiary/aromatic N) is 1. The first-order valence-corrected chi connectivity index (χ1v) is 6.54. The van der Waals surface area contributed by atoms with Gasteiger partial charge in [-0.1, -0.05) is 32.0 Å². The maximum absolute atomic E-state index is 5.88. The number of pyridine rings is 1. The van der Waals surface area contributed by atoms with Crippen molar-refractivity contribution >= 4 is 0 Å². The van der Waals surface area contributed by atoms with E-state index in [9.17, 15) is 0 Å². The summed E-state index contributed by atoms with van der Waals surface area (Å²) >= 11 is 0. The van der Waals surface area contributed by atoms with Crippen molar-refractivity contribution in [3.8, 4) is 11.6 Å². The van der Waals surface area contributed by atoms with Crippen molar-refractivity contribution in [2.24, 2.45) is 5.73 Å². The molecule has 1 aromatic carbocycles. The molecule has 0 bridgehead atoms. The lowest BCUT2D eigenvalue weighted by atomic mass is 10.0. The predicted octanol–water partition coefficient (Wildman–Crippen LogP) is 3.76. The molecule has 0 aliphatic heterocycles. The second-order valence-corrected chi connectivity index (χ2v) is 4.95. The van der Waals surface area contributed by atoms with Gasteiger partial charge in [-0.15, -0.1) is 0 Å². The summed E-state index contributed by atoms with van der Waals surface area (Å²) in [5.41, 5.74) is 8.80. The van der Waals surface area contributed by atoms with Crippen LogP contribution in [0.15, 0.2) is 36.4 Å². The maximum atomic E-state index is 5.88. The Kier molecular flexibility index (Phi) is 4.17. The van der Waals surface area contributed by atoms with Gasteiger partial charge in [0.15, 0.2) is 0 Å². The van der Waals surface area contributed by atoms with Crippen molar-refractivity contribution < 1.29 is 4.74 Å². The Morgan fingerprint density at radius 3 is 2.68 bits per heavy atom. The van der Waals surface area contributed by atoms with Crippen molar-refractivity contribution in [3.63, 3.8) is 0 Å². The van der Waals surface area contributed by atoms with Gasteiger partial charge >= 0.3 is 0 Å². The maximum Gasteiger partial charge on any atom is 0.223 e. The topological polar surface area (TPSA) is 48.1 Å². The number of hydrogen-bond donors (Lipinski definition) is 1. The Balaban J connectivity index is 2.30. The molecule has 2 rings (SSSR count). The largest absolute Gasteiger partial charge is 0.439 e. The predicted molar refractivity (Wildman–Crippen MR) is 77.5 cm³/mol. The van der Waals surface area contributed by atoms with E-state index in [0.717, 1.165) is 17.0 Å². The van der Waals surface area contributed by atoms with Crippen molar-refractivity contribution in [1.82, 2.24) is 4.98 Å². The fraction of sp³-hybridized carbons (Fsp3) is 0.312. The molecule has 0 atom stereocenters. The zero-order valence-electron chi connectivity index (χ0n) is 11.7. The minimum Gasteiger partial charge on any atom is -0.439 e. The molecule has 3 heteroatoms. The molecule has 1 heterocycles. The fourth-order valence-electron chi connectivity index (χ4n) is 1.85. The van der Waals surface area contributed by atoms with Crippen LogP contribution in [0.2, 0.25) is 0 Å². The van der Waals surface area contributed by atoms with E-state index in [4.69, 9.17) is 10.5 Å². The molecule has 0 unspecified atom stereocenters. The first kappa shape index (κ1) is 13.6. The Morgan fingerprint density at radius 1 is 1.21 bits per heavy atom. The summed E-state index contributed by atoms with van der Waals surface area (Å²) in [4.78, 5) is 4.41. The SMILES string of the molecule is Cc1ccc(CN)c(Oc2cccc(C(C)C)c2)n1. The van der Waals surface area contributed by atoms with Gasteiger partial charge < -0.3 is 10.5 Å². The fourth-order valence-corrected chi connectivity index (χ4v) is 1.85. The van der Waals surface area contributed by atoms with E-state index in [-0.39, 0.29) is 0 Å². The van der Waals surface area contributed by atoms with Crippen LogP contribution in [0, 0.1) is 6.92 Å². The normalized spacial score (nSPS) is 10.8. The van der Waals surface area contributed by atoms with Crippen LogP contribution in [-0.2, 0) is 6.54 Å². The van der Waals surface area contributed by atoms with Gasteiger partial charge in [-0.3, -0.25) is 0 Å². The van der Waals surface area contributed by atoms with E-state index < -0.39 is 0 Å². The molecule has 1 aromatic heterocycles. The summed E-state index contributed by atoms with van der Waals surface area (Å²) in [6.45, 7) is 6.69. The second kappa shape index (κ2) is 5.85. The van der Waals surface area contributed by atoms with Gasteiger partial charge in [-0.2, -0.15) is 0 Å². The third kappa shape index (κ3) is 3.32. The highest BCUT2D eigenvalue weighted by Gasteiger charge is 2.07. The van der Waals surface area contributed by atoms with Crippen molar-refractivity contribution in [2.45, 2.75) is 33.2 Å². The third-order valence-electron chi connectivity index (χ3n) is 3.04. The van der Waals surface area contributed by atoms with E-state index >= 15 is 0 Å². The van der Waals surface area contributed by atoms with Crippen LogP contribution >= 0.6 is 0 Å². The Hall–Kier alpha value is -1.87. The van der Waals surface area contributed by atoms with Gasteiger partial charge in [0.1, 0.15) is 5.75 Å². The quantitative estimate of drug-likeness (QED) is 0.906. The molecule has 2 N–H and O–H groups in total. The Morgan fingerprint density at radius 2 is 2.00 bits per heavy atom. The molecule has 19 heavy (non-hydrogen) atoms. The van der Waals surface area contributed by atoms with E-state index in [2.05, 4.69) is 31.0 Å². The van der Waals surface area contributed by atoms with Crippen LogP contribution in [0.3, 0.4) is 0 Å². The van der Waals surface area contributed by atoms with Gasteiger partial charge in [0.2, 0.25) is 5.88 Å². The molecule has 100 valence electrons. The van der Waals surface area contributed by atoms with Gasteiger partial charge in [0.25, 0.3) is 0 Å². The first-order chi connectivity index (χ1) is 9.10. The van der Waals surface area contributed by atoms with Crippen molar-refractivity contribution in [2.75, 3.05) is 0 Å². The zero-order valence-corrected chi connectivity index (χ0v) is 11.7. The van der Waals surface area contributed by atoms with E-state index in [1.54, 1.807) is 0 Å². The average molecular weight is 256 g/mol. The molecule has 0 amide bonds. The minimum absolute atomic E-state index is 0.423. The summed E-state index contributed by atoms with van der Waals surface area (Å²) in [6.07, 6.45) is 0. The summed E-state index contributed by atoms with van der Waals surface area (Å²) in [5.74, 6) is 1.88. The number of nitrogens with two attached hydrogens (primary N) is 1. The molecule has 2 aromatic rings. The number of aryl methyl sites for hydroxylation is 1. The molecule has 0 spiro atoms. The smallest absolute Gasteiger partial charge is 0.223 e. The molecule has 3 nitrogen and oxygen atoms in total. The van der Waals surface area contributed by atoms with Gasteiger partial charge in [-0.05, 0) is 36.6 Å². The molecule has 0 radical (unpaired) electrons. The summed E-state index contributed by atoms with van der Waals surface area (Å²) < 4.78 is 5.88. The van der Waals surface area contributed by atoms with Crippen LogP contribution in [0.25, 0.3) is 0 Å². The molecule has 0 aliphatic rings. The van der Waals surface area contributed by atoms with Gasteiger partial charge in [0, 0.05) is 17.8 Å². The number of aromatic nitrogens is 1. The van der Waals surface area contributed by atoms with Gasteiger partial charge in [-0.25, -0.2) is 4.98 Å². The van der Waals surface area contributed by atoms with Crippen LogP contribution in [0.5, 0.6) is 11.6 Å².